The SMILES string of the molecule is C#Cc1cccc(NC(=O)c2cc(S(N)(=O)=O)ccc2N2CCOCC2)c1. The molecule has 0 atom stereocenters. The first kappa shape index (κ1) is 18.9. The van der Waals surface area contributed by atoms with Crippen LogP contribution in [0.2, 0.25) is 0 Å². The average Bonchev–Trinajstić information content (AvgIpc) is 2.67. The van der Waals surface area contributed by atoms with Gasteiger partial charge >= 0.3 is 0 Å². The van der Waals surface area contributed by atoms with Crippen molar-refractivity contribution < 1.29 is 17.9 Å². The lowest BCUT2D eigenvalue weighted by atomic mass is 10.1. The normalized spacial score (nSPS) is 14.4. The zero-order valence-electron chi connectivity index (χ0n) is 14.5. The van der Waals surface area contributed by atoms with E-state index in [0.29, 0.717) is 43.2 Å². The van der Waals surface area contributed by atoms with Crippen molar-refractivity contribution in [1.82, 2.24) is 0 Å². The fourth-order valence-electron chi connectivity index (χ4n) is 2.84. The maximum atomic E-state index is 12.9. The molecular weight excluding hydrogens is 366 g/mol. The van der Waals surface area contributed by atoms with Crippen LogP contribution in [0, 0.1) is 12.3 Å². The highest BCUT2D eigenvalue weighted by molar-refractivity contribution is 7.89. The van der Waals surface area contributed by atoms with E-state index in [1.165, 1.54) is 12.1 Å². The number of ether oxygens (including phenoxy) is 1. The lowest BCUT2D eigenvalue weighted by Gasteiger charge is -2.30. The third kappa shape index (κ3) is 4.46. The molecule has 0 bridgehead atoms. The van der Waals surface area contributed by atoms with Gasteiger partial charge in [-0.25, -0.2) is 13.6 Å². The maximum Gasteiger partial charge on any atom is 0.257 e. The molecule has 0 spiro atoms. The van der Waals surface area contributed by atoms with Gasteiger partial charge in [-0.2, -0.15) is 0 Å². The van der Waals surface area contributed by atoms with Crippen molar-refractivity contribution in [2.24, 2.45) is 5.14 Å². The molecule has 0 aromatic heterocycles. The van der Waals surface area contributed by atoms with E-state index in [0.717, 1.165) is 0 Å². The second-order valence-electron chi connectivity index (χ2n) is 6.00. The second-order valence-corrected chi connectivity index (χ2v) is 7.56. The highest BCUT2D eigenvalue weighted by Gasteiger charge is 2.22. The molecule has 0 aliphatic carbocycles. The van der Waals surface area contributed by atoms with Gasteiger partial charge < -0.3 is 15.0 Å². The van der Waals surface area contributed by atoms with Crippen molar-refractivity contribution in [1.29, 1.82) is 0 Å². The summed E-state index contributed by atoms with van der Waals surface area (Å²) < 4.78 is 28.8. The summed E-state index contributed by atoms with van der Waals surface area (Å²) in [5.41, 5.74) is 1.98. The second kappa shape index (κ2) is 7.80. The molecule has 140 valence electrons. The molecule has 1 fully saturated rings. The molecular formula is C19H19N3O4S. The van der Waals surface area contributed by atoms with Crippen LogP contribution in [-0.2, 0) is 14.8 Å². The number of primary sulfonamides is 1. The molecule has 27 heavy (non-hydrogen) atoms. The van der Waals surface area contributed by atoms with Crippen LogP contribution in [0.4, 0.5) is 11.4 Å². The van der Waals surface area contributed by atoms with Gasteiger partial charge in [-0.1, -0.05) is 12.0 Å². The van der Waals surface area contributed by atoms with E-state index in [9.17, 15) is 13.2 Å². The van der Waals surface area contributed by atoms with Crippen LogP contribution in [0.15, 0.2) is 47.4 Å². The summed E-state index contributed by atoms with van der Waals surface area (Å²) >= 11 is 0. The predicted octanol–water partition coefficient (Wildman–Crippen LogP) is 1.40. The fourth-order valence-corrected chi connectivity index (χ4v) is 3.38. The first-order valence-electron chi connectivity index (χ1n) is 8.26. The number of benzene rings is 2. The fraction of sp³-hybridized carbons (Fsp3) is 0.211. The highest BCUT2D eigenvalue weighted by atomic mass is 32.2. The van der Waals surface area contributed by atoms with Crippen molar-refractivity contribution >= 4 is 27.3 Å². The van der Waals surface area contributed by atoms with Crippen molar-refractivity contribution in [2.75, 3.05) is 36.5 Å². The molecule has 0 radical (unpaired) electrons. The third-order valence-corrected chi connectivity index (χ3v) is 5.09. The minimum Gasteiger partial charge on any atom is -0.378 e. The number of sulfonamides is 1. The van der Waals surface area contributed by atoms with Gasteiger partial charge in [0.25, 0.3) is 5.91 Å². The van der Waals surface area contributed by atoms with E-state index in [1.54, 1.807) is 30.3 Å². The summed E-state index contributed by atoms with van der Waals surface area (Å²) in [6, 6.07) is 11.1. The van der Waals surface area contributed by atoms with Gasteiger partial charge in [-0.15, -0.1) is 6.42 Å². The Morgan fingerprint density at radius 1 is 1.19 bits per heavy atom. The number of anilines is 2. The van der Waals surface area contributed by atoms with E-state index >= 15 is 0 Å². The number of carbonyl (C=O) groups is 1. The zero-order chi connectivity index (χ0) is 19.4. The van der Waals surface area contributed by atoms with Crippen LogP contribution in [0.5, 0.6) is 0 Å². The number of amides is 1. The lowest BCUT2D eigenvalue weighted by molar-refractivity contribution is 0.102. The topological polar surface area (TPSA) is 102 Å². The predicted molar refractivity (Wildman–Crippen MR) is 103 cm³/mol. The molecule has 1 saturated heterocycles. The number of nitrogens with zero attached hydrogens (tertiary/aromatic N) is 1. The molecule has 3 rings (SSSR count). The van der Waals surface area contributed by atoms with Gasteiger partial charge in [0.2, 0.25) is 10.0 Å². The van der Waals surface area contributed by atoms with Gasteiger partial charge in [0, 0.05) is 30.0 Å². The standard InChI is InChI=1S/C19H19N3O4S/c1-2-14-4-3-5-15(12-14)21-19(23)17-13-16(27(20,24)25)6-7-18(17)22-8-10-26-11-9-22/h1,3-7,12-13H,8-11H2,(H,21,23)(H2,20,24,25). The Labute approximate surface area is 158 Å². The summed E-state index contributed by atoms with van der Waals surface area (Å²) in [6.07, 6.45) is 5.39. The van der Waals surface area contributed by atoms with Crippen molar-refractivity contribution in [3.63, 3.8) is 0 Å². The highest BCUT2D eigenvalue weighted by Crippen LogP contribution is 2.26. The van der Waals surface area contributed by atoms with E-state index < -0.39 is 15.9 Å². The van der Waals surface area contributed by atoms with Crippen molar-refractivity contribution in [3.8, 4) is 12.3 Å². The zero-order valence-corrected chi connectivity index (χ0v) is 15.3. The molecule has 2 aromatic carbocycles. The Kier molecular flexibility index (Phi) is 5.46. The molecule has 1 amide bonds. The smallest absolute Gasteiger partial charge is 0.257 e. The number of nitrogens with one attached hydrogen (secondary N) is 1. The average molecular weight is 385 g/mol. The number of morpholine rings is 1. The first-order chi connectivity index (χ1) is 12.9. The third-order valence-electron chi connectivity index (χ3n) is 4.18. The molecule has 0 unspecified atom stereocenters. The van der Waals surface area contributed by atoms with Gasteiger partial charge in [-0.3, -0.25) is 4.79 Å². The van der Waals surface area contributed by atoms with Gasteiger partial charge in [-0.05, 0) is 36.4 Å². The van der Waals surface area contributed by atoms with Gasteiger partial charge in [0.15, 0.2) is 0 Å². The molecule has 1 heterocycles. The summed E-state index contributed by atoms with van der Waals surface area (Å²) in [7, 11) is -3.94. The van der Waals surface area contributed by atoms with Crippen molar-refractivity contribution in [2.45, 2.75) is 4.90 Å². The van der Waals surface area contributed by atoms with E-state index in [-0.39, 0.29) is 10.5 Å². The number of rotatable bonds is 4. The number of hydrogen-bond acceptors (Lipinski definition) is 5. The Morgan fingerprint density at radius 3 is 2.59 bits per heavy atom. The molecule has 0 saturated carbocycles. The Morgan fingerprint density at radius 2 is 1.93 bits per heavy atom. The lowest BCUT2D eigenvalue weighted by Crippen LogP contribution is -2.37. The number of terminal acetylenes is 1. The van der Waals surface area contributed by atoms with Gasteiger partial charge in [0.1, 0.15) is 0 Å². The monoisotopic (exact) mass is 385 g/mol. The van der Waals surface area contributed by atoms with Crippen LogP contribution >= 0.6 is 0 Å². The van der Waals surface area contributed by atoms with E-state index in [1.807, 2.05) is 4.90 Å². The summed E-state index contributed by atoms with van der Waals surface area (Å²) in [6.45, 7) is 2.26. The molecule has 1 aliphatic heterocycles. The molecule has 2 aromatic rings. The van der Waals surface area contributed by atoms with Crippen LogP contribution in [0.1, 0.15) is 15.9 Å². The molecule has 7 nitrogen and oxygen atoms in total. The van der Waals surface area contributed by atoms with Crippen molar-refractivity contribution in [3.05, 3.63) is 53.6 Å². The van der Waals surface area contributed by atoms with Crippen LogP contribution in [-0.4, -0.2) is 40.6 Å². The van der Waals surface area contributed by atoms with E-state index in [4.69, 9.17) is 16.3 Å². The summed E-state index contributed by atoms with van der Waals surface area (Å²) in [5, 5.41) is 7.99. The first-order valence-corrected chi connectivity index (χ1v) is 9.81. The number of nitrogens with two attached hydrogens (primary N) is 1. The quantitative estimate of drug-likeness (QED) is 0.775. The van der Waals surface area contributed by atoms with Crippen LogP contribution < -0.4 is 15.4 Å². The Hall–Kier alpha value is -2.86. The maximum absolute atomic E-state index is 12.9. The minimum absolute atomic E-state index is 0.123. The molecule has 8 heteroatoms. The largest absolute Gasteiger partial charge is 0.378 e. The Bertz CT molecular complexity index is 1010. The molecule has 3 N–H and O–H groups in total. The van der Waals surface area contributed by atoms with Crippen LogP contribution in [0.3, 0.4) is 0 Å². The minimum atomic E-state index is -3.94. The van der Waals surface area contributed by atoms with E-state index in [2.05, 4.69) is 11.2 Å². The van der Waals surface area contributed by atoms with Crippen LogP contribution in [0.25, 0.3) is 0 Å². The Balaban J connectivity index is 1.99. The van der Waals surface area contributed by atoms with Gasteiger partial charge in [0.05, 0.1) is 23.7 Å². The number of hydrogen-bond donors (Lipinski definition) is 2. The summed E-state index contributed by atoms with van der Waals surface area (Å²) in [4.78, 5) is 14.8. The number of carbonyl (C=O) groups excluding carboxylic acids is 1. The molecule has 1 aliphatic rings. The summed E-state index contributed by atoms with van der Waals surface area (Å²) in [5.74, 6) is 2.06.